The molecular weight excluding hydrogens is 472 g/mol. The van der Waals surface area contributed by atoms with Crippen LogP contribution in [0.5, 0.6) is 5.75 Å². The molecule has 3 aromatic rings. The van der Waals surface area contributed by atoms with E-state index < -0.39 is 11.7 Å². The minimum Gasteiger partial charge on any atom is -0.497 e. The first-order valence-electron chi connectivity index (χ1n) is 7.73. The van der Waals surface area contributed by atoms with E-state index in [2.05, 4.69) is 43.2 Å². The van der Waals surface area contributed by atoms with Crippen LogP contribution in [0, 0.1) is 3.57 Å². The maximum absolute atomic E-state index is 13.3. The molecule has 9 heteroatoms. The van der Waals surface area contributed by atoms with Crippen molar-refractivity contribution in [1.82, 2.24) is 9.97 Å². The summed E-state index contributed by atoms with van der Waals surface area (Å²) in [6.45, 7) is 0. The normalized spacial score (nSPS) is 11.1. The second kappa shape index (κ2) is 7.99. The predicted molar refractivity (Wildman–Crippen MR) is 106 cm³/mol. The molecule has 0 radical (unpaired) electrons. The Morgan fingerprint density at radius 3 is 2.11 bits per heavy atom. The Morgan fingerprint density at radius 2 is 1.52 bits per heavy atom. The van der Waals surface area contributed by atoms with Crippen molar-refractivity contribution in [2.75, 3.05) is 17.7 Å². The molecule has 2 aromatic carbocycles. The number of anilines is 4. The largest absolute Gasteiger partial charge is 0.497 e. The zero-order valence-electron chi connectivity index (χ0n) is 14.0. The molecule has 27 heavy (non-hydrogen) atoms. The number of hydrogen-bond donors (Lipinski definition) is 2. The average molecular weight is 486 g/mol. The summed E-state index contributed by atoms with van der Waals surface area (Å²) in [7, 11) is 1.55. The molecule has 5 nitrogen and oxygen atoms in total. The number of alkyl halides is 3. The summed E-state index contributed by atoms with van der Waals surface area (Å²) in [5, 5.41) is 5.60. The number of methoxy groups -OCH3 is 1. The summed E-state index contributed by atoms with van der Waals surface area (Å²) in [4.78, 5) is 7.79. The van der Waals surface area contributed by atoms with E-state index in [0.717, 1.165) is 9.77 Å². The fourth-order valence-electron chi connectivity index (χ4n) is 2.22. The van der Waals surface area contributed by atoms with Gasteiger partial charge in [-0.3, -0.25) is 0 Å². The molecule has 1 aromatic heterocycles. The Labute approximate surface area is 167 Å². The molecule has 3 rings (SSSR count). The van der Waals surface area contributed by atoms with Crippen LogP contribution < -0.4 is 15.4 Å². The third-order valence-corrected chi connectivity index (χ3v) is 4.27. The topological polar surface area (TPSA) is 59.1 Å². The minimum atomic E-state index is -4.58. The van der Waals surface area contributed by atoms with Gasteiger partial charge in [0.05, 0.1) is 7.11 Å². The van der Waals surface area contributed by atoms with E-state index in [9.17, 15) is 13.2 Å². The molecule has 0 atom stereocenters. The highest BCUT2D eigenvalue weighted by Crippen LogP contribution is 2.35. The lowest BCUT2D eigenvalue weighted by atomic mass is 10.2. The highest BCUT2D eigenvalue weighted by Gasteiger charge is 2.35. The summed E-state index contributed by atoms with van der Waals surface area (Å²) < 4.78 is 45.9. The van der Waals surface area contributed by atoms with Crippen molar-refractivity contribution in [2.24, 2.45) is 0 Å². The third kappa shape index (κ3) is 5.00. The van der Waals surface area contributed by atoms with Crippen LogP contribution in [-0.2, 0) is 6.18 Å². The number of ether oxygens (including phenoxy) is 1. The van der Waals surface area contributed by atoms with E-state index in [1.54, 1.807) is 55.6 Å². The first-order chi connectivity index (χ1) is 12.8. The van der Waals surface area contributed by atoms with Gasteiger partial charge in [0.15, 0.2) is 0 Å². The van der Waals surface area contributed by atoms with Crippen LogP contribution >= 0.6 is 22.6 Å². The molecular formula is C18H14F3IN4O. The van der Waals surface area contributed by atoms with E-state index in [-0.39, 0.29) is 11.8 Å². The van der Waals surface area contributed by atoms with Crippen LogP contribution in [-0.4, -0.2) is 17.1 Å². The van der Waals surface area contributed by atoms with Gasteiger partial charge in [-0.2, -0.15) is 18.2 Å². The summed E-state index contributed by atoms with van der Waals surface area (Å²) in [6.07, 6.45) is -3.82. The quantitative estimate of drug-likeness (QED) is 0.461. The molecule has 0 amide bonds. The van der Waals surface area contributed by atoms with Gasteiger partial charge in [-0.1, -0.05) is 0 Å². The fraction of sp³-hybridized carbons (Fsp3) is 0.111. The minimum absolute atomic E-state index is 0.0428. The molecule has 0 aliphatic carbocycles. The van der Waals surface area contributed by atoms with Crippen molar-refractivity contribution in [1.29, 1.82) is 0 Å². The molecule has 1 heterocycles. The van der Waals surface area contributed by atoms with E-state index in [0.29, 0.717) is 17.1 Å². The van der Waals surface area contributed by atoms with Crippen LogP contribution in [0.3, 0.4) is 0 Å². The Balaban J connectivity index is 1.90. The third-order valence-electron chi connectivity index (χ3n) is 3.55. The maximum atomic E-state index is 13.3. The highest BCUT2D eigenvalue weighted by molar-refractivity contribution is 14.1. The lowest BCUT2D eigenvalue weighted by Gasteiger charge is -2.15. The van der Waals surface area contributed by atoms with Gasteiger partial charge >= 0.3 is 6.18 Å². The average Bonchev–Trinajstić information content (AvgIpc) is 2.63. The SMILES string of the molecule is COc1ccc(Nc2ncc(C(F)(F)F)c(Nc3ccc(I)cc3)n2)cc1. The zero-order chi connectivity index (χ0) is 19.4. The van der Waals surface area contributed by atoms with Crippen LogP contribution in [0.15, 0.2) is 54.7 Å². The lowest BCUT2D eigenvalue weighted by molar-refractivity contribution is -0.137. The number of rotatable bonds is 5. The monoisotopic (exact) mass is 486 g/mol. The van der Waals surface area contributed by atoms with Crippen LogP contribution in [0.25, 0.3) is 0 Å². The van der Waals surface area contributed by atoms with Crippen LogP contribution in [0.2, 0.25) is 0 Å². The molecule has 0 fully saturated rings. The molecule has 0 saturated carbocycles. The molecule has 0 aliphatic rings. The molecule has 0 bridgehead atoms. The van der Waals surface area contributed by atoms with Gasteiger partial charge < -0.3 is 15.4 Å². The predicted octanol–water partition coefficient (Wildman–Crippen LogP) is 5.60. The van der Waals surface area contributed by atoms with Crippen molar-refractivity contribution in [3.8, 4) is 5.75 Å². The summed E-state index contributed by atoms with van der Waals surface area (Å²) in [6, 6.07) is 13.8. The zero-order valence-corrected chi connectivity index (χ0v) is 16.2. The van der Waals surface area contributed by atoms with Gasteiger partial charge in [-0.05, 0) is 71.1 Å². The Kier molecular flexibility index (Phi) is 5.68. The Morgan fingerprint density at radius 1 is 0.926 bits per heavy atom. The highest BCUT2D eigenvalue weighted by atomic mass is 127. The molecule has 2 N–H and O–H groups in total. The first kappa shape index (κ1) is 19.2. The van der Waals surface area contributed by atoms with E-state index in [1.807, 2.05) is 0 Å². The fourth-order valence-corrected chi connectivity index (χ4v) is 2.58. The first-order valence-corrected chi connectivity index (χ1v) is 8.81. The van der Waals surface area contributed by atoms with Crippen molar-refractivity contribution in [2.45, 2.75) is 6.18 Å². The molecule has 0 saturated heterocycles. The van der Waals surface area contributed by atoms with Crippen molar-refractivity contribution in [3.05, 3.63) is 63.9 Å². The standard InChI is InChI=1S/C18H14F3IN4O/c1-27-14-8-6-13(7-9-14)25-17-23-10-15(18(19,20)21)16(26-17)24-12-4-2-11(22)3-5-12/h2-10H,1H3,(H2,23,24,25,26). The van der Waals surface area contributed by atoms with E-state index in [4.69, 9.17) is 4.74 Å². The number of nitrogens with one attached hydrogen (secondary N) is 2. The van der Waals surface area contributed by atoms with Crippen molar-refractivity contribution < 1.29 is 17.9 Å². The Hall–Kier alpha value is -2.56. The van der Waals surface area contributed by atoms with E-state index >= 15 is 0 Å². The van der Waals surface area contributed by atoms with E-state index in [1.165, 1.54) is 0 Å². The smallest absolute Gasteiger partial charge is 0.421 e. The number of hydrogen-bond acceptors (Lipinski definition) is 5. The summed E-state index contributed by atoms with van der Waals surface area (Å²) >= 11 is 2.12. The number of aromatic nitrogens is 2. The van der Waals surface area contributed by atoms with Gasteiger partial charge in [-0.15, -0.1) is 0 Å². The van der Waals surface area contributed by atoms with Crippen LogP contribution in [0.1, 0.15) is 5.56 Å². The number of benzene rings is 2. The molecule has 0 aliphatic heterocycles. The maximum Gasteiger partial charge on any atom is 0.421 e. The van der Waals surface area contributed by atoms with Gasteiger partial charge in [0.2, 0.25) is 5.95 Å². The van der Waals surface area contributed by atoms with Crippen molar-refractivity contribution >= 4 is 45.7 Å². The Bertz CT molecular complexity index is 915. The second-order valence-corrected chi connectivity index (χ2v) is 6.68. The molecule has 140 valence electrons. The van der Waals surface area contributed by atoms with Gasteiger partial charge in [0, 0.05) is 21.1 Å². The van der Waals surface area contributed by atoms with Crippen molar-refractivity contribution in [3.63, 3.8) is 0 Å². The molecule has 0 unspecified atom stereocenters. The summed E-state index contributed by atoms with van der Waals surface area (Å²) in [5.74, 6) is 0.380. The summed E-state index contributed by atoms with van der Waals surface area (Å²) in [5.41, 5.74) is 0.173. The lowest BCUT2D eigenvalue weighted by Crippen LogP contribution is -2.12. The second-order valence-electron chi connectivity index (χ2n) is 5.44. The van der Waals surface area contributed by atoms with Crippen LogP contribution in [0.4, 0.5) is 36.3 Å². The molecule has 0 spiro atoms. The van der Waals surface area contributed by atoms with Gasteiger partial charge in [-0.25, -0.2) is 4.98 Å². The number of halogens is 4. The van der Waals surface area contributed by atoms with Gasteiger partial charge in [0.25, 0.3) is 0 Å². The number of nitrogens with zero attached hydrogens (tertiary/aromatic N) is 2. The van der Waals surface area contributed by atoms with Gasteiger partial charge in [0.1, 0.15) is 17.1 Å².